The Morgan fingerprint density at radius 3 is 2.21 bits per heavy atom. The molecule has 1 N–H and O–H groups in total. The summed E-state index contributed by atoms with van der Waals surface area (Å²) < 4.78 is 0. The minimum atomic E-state index is 0.0275. The summed E-state index contributed by atoms with van der Waals surface area (Å²) in [6.07, 6.45) is 5.93. The van der Waals surface area contributed by atoms with Crippen LogP contribution in [0.2, 0.25) is 0 Å². The number of aryl methyl sites for hydroxylation is 1. The number of piperidine rings is 1. The second kappa shape index (κ2) is 10.4. The van der Waals surface area contributed by atoms with Gasteiger partial charge in [-0.2, -0.15) is 0 Å². The van der Waals surface area contributed by atoms with E-state index in [1.165, 1.54) is 49.0 Å². The Kier molecular flexibility index (Phi) is 7.67. The molecular weight excluding hydrogens is 344 g/mol. The molecule has 0 aliphatic carbocycles. The SMILES string of the molecule is CC(C)c1ccc(CCCNC(=O)c2ccc(CN3CCCCC3)cc2)cc1. The van der Waals surface area contributed by atoms with E-state index in [0.29, 0.717) is 12.5 Å². The van der Waals surface area contributed by atoms with Crippen molar-refractivity contribution in [3.63, 3.8) is 0 Å². The zero-order valence-electron chi connectivity index (χ0n) is 17.4. The number of amides is 1. The summed E-state index contributed by atoms with van der Waals surface area (Å²) in [6, 6.07) is 16.9. The smallest absolute Gasteiger partial charge is 0.251 e. The van der Waals surface area contributed by atoms with Crippen LogP contribution in [0.3, 0.4) is 0 Å². The third-order valence-electron chi connectivity index (χ3n) is 5.65. The summed E-state index contributed by atoms with van der Waals surface area (Å²) >= 11 is 0. The van der Waals surface area contributed by atoms with E-state index in [2.05, 4.69) is 60.5 Å². The van der Waals surface area contributed by atoms with E-state index in [1.807, 2.05) is 12.1 Å². The lowest BCUT2D eigenvalue weighted by Gasteiger charge is -2.26. The van der Waals surface area contributed by atoms with Gasteiger partial charge in [0.1, 0.15) is 0 Å². The second-order valence-electron chi connectivity index (χ2n) is 8.29. The Hall–Kier alpha value is -2.13. The molecule has 0 atom stereocenters. The van der Waals surface area contributed by atoms with E-state index in [-0.39, 0.29) is 5.91 Å². The molecule has 2 aromatic carbocycles. The van der Waals surface area contributed by atoms with E-state index >= 15 is 0 Å². The lowest BCUT2D eigenvalue weighted by molar-refractivity contribution is 0.0953. The Morgan fingerprint density at radius 2 is 1.57 bits per heavy atom. The fourth-order valence-electron chi connectivity index (χ4n) is 3.80. The molecule has 0 aromatic heterocycles. The lowest BCUT2D eigenvalue weighted by Crippen LogP contribution is -2.29. The minimum Gasteiger partial charge on any atom is -0.352 e. The van der Waals surface area contributed by atoms with Crippen molar-refractivity contribution in [1.29, 1.82) is 0 Å². The van der Waals surface area contributed by atoms with Crippen LogP contribution in [0.5, 0.6) is 0 Å². The van der Waals surface area contributed by atoms with E-state index in [1.54, 1.807) is 0 Å². The van der Waals surface area contributed by atoms with Crippen molar-refractivity contribution < 1.29 is 4.79 Å². The van der Waals surface area contributed by atoms with Crippen LogP contribution in [0, 0.1) is 0 Å². The number of rotatable bonds is 8. The first kappa shape index (κ1) is 20.6. The molecule has 1 amide bonds. The van der Waals surface area contributed by atoms with Crippen LogP contribution in [0.15, 0.2) is 48.5 Å². The van der Waals surface area contributed by atoms with Crippen molar-refractivity contribution in [3.05, 3.63) is 70.8 Å². The van der Waals surface area contributed by atoms with Gasteiger partial charge in [-0.15, -0.1) is 0 Å². The number of nitrogens with zero attached hydrogens (tertiary/aromatic N) is 1. The van der Waals surface area contributed by atoms with Gasteiger partial charge in [0.2, 0.25) is 0 Å². The van der Waals surface area contributed by atoms with Crippen LogP contribution in [0.1, 0.15) is 72.5 Å². The number of carbonyl (C=O) groups excluding carboxylic acids is 1. The quantitative estimate of drug-likeness (QED) is 0.644. The highest BCUT2D eigenvalue weighted by atomic mass is 16.1. The minimum absolute atomic E-state index is 0.0275. The molecule has 3 nitrogen and oxygen atoms in total. The molecule has 1 heterocycles. The fourth-order valence-corrected chi connectivity index (χ4v) is 3.80. The summed E-state index contributed by atoms with van der Waals surface area (Å²) in [7, 11) is 0. The van der Waals surface area contributed by atoms with Crippen molar-refractivity contribution in [2.45, 2.75) is 58.4 Å². The van der Waals surface area contributed by atoms with Crippen LogP contribution >= 0.6 is 0 Å². The molecule has 1 saturated heterocycles. The van der Waals surface area contributed by atoms with Crippen LogP contribution in [0.25, 0.3) is 0 Å². The van der Waals surface area contributed by atoms with Crippen molar-refractivity contribution in [2.75, 3.05) is 19.6 Å². The number of likely N-dealkylation sites (tertiary alicyclic amines) is 1. The summed E-state index contributed by atoms with van der Waals surface area (Å²) in [5, 5.41) is 3.05. The van der Waals surface area contributed by atoms with Crippen molar-refractivity contribution >= 4 is 5.91 Å². The summed E-state index contributed by atoms with van der Waals surface area (Å²) in [4.78, 5) is 14.9. The van der Waals surface area contributed by atoms with Gasteiger partial charge in [0.05, 0.1) is 0 Å². The fraction of sp³-hybridized carbons (Fsp3) is 0.480. The van der Waals surface area contributed by atoms with Crippen LogP contribution in [0.4, 0.5) is 0 Å². The maximum Gasteiger partial charge on any atom is 0.251 e. The highest BCUT2D eigenvalue weighted by molar-refractivity contribution is 5.94. The van der Waals surface area contributed by atoms with E-state index in [4.69, 9.17) is 0 Å². The molecule has 1 aliphatic rings. The van der Waals surface area contributed by atoms with Crippen LogP contribution in [-0.2, 0) is 13.0 Å². The lowest BCUT2D eigenvalue weighted by atomic mass is 10.0. The van der Waals surface area contributed by atoms with Gasteiger partial charge < -0.3 is 5.32 Å². The van der Waals surface area contributed by atoms with Crippen LogP contribution < -0.4 is 5.32 Å². The average molecular weight is 379 g/mol. The molecule has 150 valence electrons. The first-order chi connectivity index (χ1) is 13.6. The van der Waals surface area contributed by atoms with Gasteiger partial charge >= 0.3 is 0 Å². The summed E-state index contributed by atoms with van der Waals surface area (Å²) in [5.41, 5.74) is 4.76. The Bertz CT molecular complexity index is 728. The van der Waals surface area contributed by atoms with Crippen molar-refractivity contribution in [3.8, 4) is 0 Å². The van der Waals surface area contributed by atoms with E-state index in [9.17, 15) is 4.79 Å². The molecule has 3 heteroatoms. The van der Waals surface area contributed by atoms with Crippen molar-refractivity contribution in [1.82, 2.24) is 10.2 Å². The van der Waals surface area contributed by atoms with Gasteiger partial charge in [-0.25, -0.2) is 0 Å². The molecule has 2 aromatic rings. The normalized spacial score (nSPS) is 15.0. The highest BCUT2D eigenvalue weighted by Crippen LogP contribution is 2.16. The number of nitrogens with one attached hydrogen (secondary N) is 1. The summed E-state index contributed by atoms with van der Waals surface area (Å²) in [6.45, 7) is 8.53. The van der Waals surface area contributed by atoms with Gasteiger partial charge in [-0.3, -0.25) is 9.69 Å². The number of hydrogen-bond donors (Lipinski definition) is 1. The van der Waals surface area contributed by atoms with E-state index < -0.39 is 0 Å². The van der Waals surface area contributed by atoms with Gasteiger partial charge in [0.15, 0.2) is 0 Å². The van der Waals surface area contributed by atoms with Crippen molar-refractivity contribution in [2.24, 2.45) is 0 Å². The molecule has 0 radical (unpaired) electrons. The van der Waals surface area contributed by atoms with Crippen LogP contribution in [-0.4, -0.2) is 30.4 Å². The maximum absolute atomic E-state index is 12.4. The largest absolute Gasteiger partial charge is 0.352 e. The standard InChI is InChI=1S/C25H34N2O/c1-20(2)23-12-8-21(9-13-23)7-6-16-26-25(28)24-14-10-22(11-15-24)19-27-17-4-3-5-18-27/h8-15,20H,3-7,16-19H2,1-2H3,(H,26,28). The highest BCUT2D eigenvalue weighted by Gasteiger charge is 2.11. The first-order valence-corrected chi connectivity index (χ1v) is 10.8. The predicted octanol–water partition coefficient (Wildman–Crippen LogP) is 5.16. The zero-order valence-corrected chi connectivity index (χ0v) is 17.4. The molecule has 1 aliphatic heterocycles. The Morgan fingerprint density at radius 1 is 0.929 bits per heavy atom. The van der Waals surface area contributed by atoms with Gasteiger partial charge in [-0.05, 0) is 73.5 Å². The Balaban J connectivity index is 1.39. The molecule has 0 spiro atoms. The van der Waals surface area contributed by atoms with Gasteiger partial charge in [0, 0.05) is 18.7 Å². The molecule has 0 saturated carbocycles. The number of hydrogen-bond acceptors (Lipinski definition) is 2. The molecule has 0 unspecified atom stereocenters. The van der Waals surface area contributed by atoms with E-state index in [0.717, 1.165) is 24.9 Å². The molecule has 0 bridgehead atoms. The molecule has 28 heavy (non-hydrogen) atoms. The second-order valence-corrected chi connectivity index (χ2v) is 8.29. The maximum atomic E-state index is 12.4. The monoisotopic (exact) mass is 378 g/mol. The topological polar surface area (TPSA) is 32.3 Å². The zero-order chi connectivity index (χ0) is 19.8. The number of carbonyl (C=O) groups is 1. The third kappa shape index (κ3) is 6.20. The molecular formula is C25H34N2O. The average Bonchev–Trinajstić information content (AvgIpc) is 2.72. The summed E-state index contributed by atoms with van der Waals surface area (Å²) in [5.74, 6) is 0.597. The van der Waals surface area contributed by atoms with Gasteiger partial charge in [-0.1, -0.05) is 56.7 Å². The first-order valence-electron chi connectivity index (χ1n) is 10.8. The predicted molar refractivity (Wildman–Crippen MR) is 117 cm³/mol. The third-order valence-corrected chi connectivity index (χ3v) is 5.65. The molecule has 3 rings (SSSR count). The molecule has 1 fully saturated rings. The number of benzene rings is 2. The Labute approximate surface area is 170 Å². The van der Waals surface area contributed by atoms with Gasteiger partial charge in [0.25, 0.3) is 5.91 Å².